The highest BCUT2D eigenvalue weighted by Crippen LogP contribution is 2.37. The van der Waals surface area contributed by atoms with Gasteiger partial charge < -0.3 is 0 Å². The fourth-order valence-corrected chi connectivity index (χ4v) is 4.09. The summed E-state index contributed by atoms with van der Waals surface area (Å²) in [5.74, 6) is 7.34. The highest BCUT2D eigenvalue weighted by molar-refractivity contribution is 9.10. The lowest BCUT2D eigenvalue weighted by atomic mass is 9.77. The second-order valence-corrected chi connectivity index (χ2v) is 7.92. The Labute approximate surface area is 159 Å². The average Bonchev–Trinajstić information content (AvgIpc) is 2.62. The molecule has 2 aromatic rings. The second kappa shape index (κ2) is 8.68. The highest BCUT2D eigenvalue weighted by Gasteiger charge is 2.21. The maximum absolute atomic E-state index is 13.8. The zero-order valence-electron chi connectivity index (χ0n) is 14.7. The summed E-state index contributed by atoms with van der Waals surface area (Å²) in [7, 11) is 0. The normalized spacial score (nSPS) is 20.0. The van der Waals surface area contributed by atoms with Gasteiger partial charge in [-0.2, -0.15) is 0 Å². The third-order valence-corrected chi connectivity index (χ3v) is 5.69. The smallest absolute Gasteiger partial charge is 0.139 e. The van der Waals surface area contributed by atoms with E-state index in [1.807, 2.05) is 6.07 Å². The van der Waals surface area contributed by atoms with Crippen LogP contribution < -0.4 is 0 Å². The SMILES string of the molecule is CCCC1CCC(c2ccc(C#Cc3ccc(Br)cc3F)cc2)CC1. The fraction of sp³-hybridized carbons (Fsp3) is 0.391. The van der Waals surface area contributed by atoms with Crippen LogP contribution in [0.4, 0.5) is 4.39 Å². The Kier molecular flexibility index (Phi) is 6.32. The summed E-state index contributed by atoms with van der Waals surface area (Å²) in [5, 5.41) is 0. The molecule has 0 saturated heterocycles. The van der Waals surface area contributed by atoms with Gasteiger partial charge >= 0.3 is 0 Å². The lowest BCUT2D eigenvalue weighted by molar-refractivity contribution is 0.308. The Bertz CT molecular complexity index is 759. The molecular formula is C23H24BrF. The largest absolute Gasteiger partial charge is 0.206 e. The third-order valence-electron chi connectivity index (χ3n) is 5.20. The maximum atomic E-state index is 13.8. The van der Waals surface area contributed by atoms with Crippen LogP contribution in [0.3, 0.4) is 0 Å². The minimum Gasteiger partial charge on any atom is -0.206 e. The van der Waals surface area contributed by atoms with Crippen LogP contribution in [-0.2, 0) is 0 Å². The van der Waals surface area contributed by atoms with Crippen molar-refractivity contribution < 1.29 is 4.39 Å². The molecule has 0 N–H and O–H groups in total. The topological polar surface area (TPSA) is 0 Å². The first kappa shape index (κ1) is 18.2. The van der Waals surface area contributed by atoms with E-state index in [-0.39, 0.29) is 5.82 Å². The van der Waals surface area contributed by atoms with Crippen molar-refractivity contribution in [2.45, 2.75) is 51.4 Å². The maximum Gasteiger partial charge on any atom is 0.139 e. The molecule has 0 nitrogen and oxygen atoms in total. The van der Waals surface area contributed by atoms with Gasteiger partial charge in [-0.05, 0) is 73.4 Å². The van der Waals surface area contributed by atoms with Gasteiger partial charge in [0.2, 0.25) is 0 Å². The van der Waals surface area contributed by atoms with E-state index >= 15 is 0 Å². The van der Waals surface area contributed by atoms with Gasteiger partial charge in [-0.1, -0.05) is 59.7 Å². The molecule has 1 aliphatic rings. The number of hydrogen-bond acceptors (Lipinski definition) is 0. The van der Waals surface area contributed by atoms with E-state index in [1.165, 1.54) is 50.2 Å². The van der Waals surface area contributed by atoms with Gasteiger partial charge in [0.15, 0.2) is 0 Å². The molecule has 0 aromatic heterocycles. The zero-order valence-corrected chi connectivity index (χ0v) is 16.3. The Balaban J connectivity index is 1.64. The molecule has 25 heavy (non-hydrogen) atoms. The molecule has 1 saturated carbocycles. The van der Waals surface area contributed by atoms with E-state index in [1.54, 1.807) is 6.07 Å². The first-order chi connectivity index (χ1) is 12.2. The van der Waals surface area contributed by atoms with Crippen molar-refractivity contribution in [3.63, 3.8) is 0 Å². The Morgan fingerprint density at radius 3 is 2.36 bits per heavy atom. The molecule has 2 heteroatoms. The second-order valence-electron chi connectivity index (χ2n) is 7.00. The molecule has 3 rings (SSSR count). The number of benzene rings is 2. The highest BCUT2D eigenvalue weighted by atomic mass is 79.9. The minimum absolute atomic E-state index is 0.290. The summed E-state index contributed by atoms with van der Waals surface area (Å²) < 4.78 is 14.5. The van der Waals surface area contributed by atoms with E-state index in [0.29, 0.717) is 11.5 Å². The summed E-state index contributed by atoms with van der Waals surface area (Å²) in [6.45, 7) is 2.28. The van der Waals surface area contributed by atoms with Crippen molar-refractivity contribution in [3.8, 4) is 11.8 Å². The van der Waals surface area contributed by atoms with Crippen LogP contribution in [0.2, 0.25) is 0 Å². The molecule has 0 spiro atoms. The lowest BCUT2D eigenvalue weighted by Crippen LogP contribution is -2.13. The molecule has 0 bridgehead atoms. The van der Waals surface area contributed by atoms with Gasteiger partial charge in [-0.15, -0.1) is 0 Å². The first-order valence-electron chi connectivity index (χ1n) is 9.22. The molecule has 1 aliphatic carbocycles. The summed E-state index contributed by atoms with van der Waals surface area (Å²) in [6.07, 6.45) is 8.03. The van der Waals surface area contributed by atoms with E-state index in [4.69, 9.17) is 0 Å². The zero-order chi connectivity index (χ0) is 17.6. The van der Waals surface area contributed by atoms with Crippen LogP contribution in [0, 0.1) is 23.6 Å². The molecule has 0 atom stereocenters. The summed E-state index contributed by atoms with van der Waals surface area (Å²) in [5.41, 5.74) is 2.79. The van der Waals surface area contributed by atoms with Crippen molar-refractivity contribution in [3.05, 3.63) is 69.4 Å². The standard InChI is InChI=1S/C23H24BrF/c1-2-3-17-4-9-19(10-5-17)20-11-6-18(7-12-20)8-13-21-14-15-22(24)16-23(21)25/h6-7,11-12,14-17,19H,2-5,9-10H2,1H3. The molecule has 0 heterocycles. The molecular weight excluding hydrogens is 375 g/mol. The van der Waals surface area contributed by atoms with Crippen molar-refractivity contribution >= 4 is 15.9 Å². The van der Waals surface area contributed by atoms with Crippen molar-refractivity contribution in [2.75, 3.05) is 0 Å². The fourth-order valence-electron chi connectivity index (χ4n) is 3.76. The molecule has 0 aliphatic heterocycles. The van der Waals surface area contributed by atoms with E-state index < -0.39 is 0 Å². The van der Waals surface area contributed by atoms with Gasteiger partial charge in [-0.25, -0.2) is 4.39 Å². The lowest BCUT2D eigenvalue weighted by Gasteiger charge is -2.28. The third kappa shape index (κ3) is 4.95. The number of rotatable bonds is 3. The predicted molar refractivity (Wildman–Crippen MR) is 106 cm³/mol. The van der Waals surface area contributed by atoms with Crippen LogP contribution in [0.1, 0.15) is 68.1 Å². The molecule has 1 fully saturated rings. The van der Waals surface area contributed by atoms with Crippen LogP contribution in [0.15, 0.2) is 46.9 Å². The molecule has 0 radical (unpaired) electrons. The van der Waals surface area contributed by atoms with Crippen LogP contribution in [0.5, 0.6) is 0 Å². The summed E-state index contributed by atoms with van der Waals surface area (Å²) in [6, 6.07) is 13.5. The van der Waals surface area contributed by atoms with E-state index in [0.717, 1.165) is 16.0 Å². The van der Waals surface area contributed by atoms with Gasteiger partial charge in [0.1, 0.15) is 5.82 Å². The number of halogens is 2. The van der Waals surface area contributed by atoms with E-state index in [9.17, 15) is 4.39 Å². The predicted octanol–water partition coefficient (Wildman–Crippen LogP) is 7.06. The first-order valence-corrected chi connectivity index (χ1v) is 10.0. The van der Waals surface area contributed by atoms with Gasteiger partial charge in [0, 0.05) is 10.0 Å². The molecule has 0 unspecified atom stereocenters. The average molecular weight is 399 g/mol. The quantitative estimate of drug-likeness (QED) is 0.485. The number of hydrogen-bond donors (Lipinski definition) is 0. The Morgan fingerprint density at radius 1 is 1.00 bits per heavy atom. The van der Waals surface area contributed by atoms with Gasteiger partial charge in [-0.3, -0.25) is 0 Å². The Morgan fingerprint density at radius 2 is 1.72 bits per heavy atom. The molecule has 0 amide bonds. The Hall–Kier alpha value is -1.59. The van der Waals surface area contributed by atoms with Crippen LogP contribution in [-0.4, -0.2) is 0 Å². The molecule has 130 valence electrons. The van der Waals surface area contributed by atoms with Crippen molar-refractivity contribution in [2.24, 2.45) is 5.92 Å². The van der Waals surface area contributed by atoms with Crippen molar-refractivity contribution in [1.82, 2.24) is 0 Å². The summed E-state index contributed by atoms with van der Waals surface area (Å²) >= 11 is 3.26. The van der Waals surface area contributed by atoms with Crippen LogP contribution >= 0.6 is 15.9 Å². The van der Waals surface area contributed by atoms with Gasteiger partial charge in [0.05, 0.1) is 5.56 Å². The molecule has 2 aromatic carbocycles. The monoisotopic (exact) mass is 398 g/mol. The van der Waals surface area contributed by atoms with Crippen molar-refractivity contribution in [1.29, 1.82) is 0 Å². The van der Waals surface area contributed by atoms with Crippen LogP contribution in [0.25, 0.3) is 0 Å². The van der Waals surface area contributed by atoms with Gasteiger partial charge in [0.25, 0.3) is 0 Å². The van der Waals surface area contributed by atoms with E-state index in [2.05, 4.69) is 59.0 Å². The minimum atomic E-state index is -0.290. The summed E-state index contributed by atoms with van der Waals surface area (Å²) in [4.78, 5) is 0.